The first-order valence-corrected chi connectivity index (χ1v) is 9.92. The van der Waals surface area contributed by atoms with Crippen LogP contribution in [0.5, 0.6) is 0 Å². The summed E-state index contributed by atoms with van der Waals surface area (Å²) in [5.41, 5.74) is 2.98. The number of nitrogens with one attached hydrogen (secondary N) is 1. The van der Waals surface area contributed by atoms with Crippen LogP contribution < -0.4 is 5.32 Å². The highest BCUT2D eigenvalue weighted by molar-refractivity contribution is 5.86. The Kier molecular flexibility index (Phi) is 4.69. The van der Waals surface area contributed by atoms with Crippen LogP contribution in [-0.2, 0) is 6.54 Å². The van der Waals surface area contributed by atoms with Crippen LogP contribution in [0.4, 0.5) is 16.0 Å². The average Bonchev–Trinajstić information content (AvgIpc) is 3.08. The summed E-state index contributed by atoms with van der Waals surface area (Å²) in [7, 11) is 0. The molecule has 6 nitrogen and oxygen atoms in total. The molecule has 1 aliphatic heterocycles. The van der Waals surface area contributed by atoms with Gasteiger partial charge in [0.2, 0.25) is 5.95 Å². The maximum atomic E-state index is 14.5. The summed E-state index contributed by atoms with van der Waals surface area (Å²) in [5.74, 6) is 0.0479. The number of nitrogens with zero attached hydrogens (tertiary/aromatic N) is 4. The third-order valence-corrected chi connectivity index (χ3v) is 5.44. The molecule has 7 heteroatoms. The molecule has 1 aliphatic rings. The zero-order chi connectivity index (χ0) is 20.7. The molecule has 0 unspecified atom stereocenters. The van der Waals surface area contributed by atoms with Gasteiger partial charge in [-0.05, 0) is 41.0 Å². The molecule has 0 atom stereocenters. The number of benzene rings is 2. The molecule has 1 saturated heterocycles. The first-order valence-electron chi connectivity index (χ1n) is 9.92. The Balaban J connectivity index is 1.40. The molecule has 30 heavy (non-hydrogen) atoms. The standard InChI is InChI=1S/C23H22FN5O/c1-15-10-29(12-18(15)11-28-13-20(30)14-28)22-21(24)9-25-23(27-22)26-19-7-6-16-4-2-3-5-17(16)8-19/h2-10,12,20,30H,11,13-14H2,1H3,(H,25,26,27). The average molecular weight is 403 g/mol. The first-order chi connectivity index (χ1) is 14.5. The number of fused-ring (bicyclic) bond motifs is 1. The van der Waals surface area contributed by atoms with Crippen LogP contribution in [-0.4, -0.2) is 43.7 Å². The lowest BCUT2D eigenvalue weighted by Gasteiger charge is -2.35. The molecule has 1 fully saturated rings. The third-order valence-electron chi connectivity index (χ3n) is 5.44. The molecule has 0 amide bonds. The van der Waals surface area contributed by atoms with E-state index in [1.54, 1.807) is 4.57 Å². The number of likely N-dealkylation sites (tertiary alicyclic amines) is 1. The Morgan fingerprint density at radius 2 is 1.93 bits per heavy atom. The van der Waals surface area contributed by atoms with Crippen LogP contribution in [0.2, 0.25) is 0 Å². The minimum Gasteiger partial charge on any atom is -0.390 e. The summed E-state index contributed by atoms with van der Waals surface area (Å²) in [6.07, 6.45) is 4.71. The highest BCUT2D eigenvalue weighted by atomic mass is 19.1. The SMILES string of the molecule is Cc1cn(-c2nc(Nc3ccc4ccccc4c3)ncc2F)cc1CN1CC(O)C1. The van der Waals surface area contributed by atoms with Crippen molar-refractivity contribution in [2.75, 3.05) is 18.4 Å². The topological polar surface area (TPSA) is 66.2 Å². The van der Waals surface area contributed by atoms with Gasteiger partial charge in [0.25, 0.3) is 0 Å². The van der Waals surface area contributed by atoms with Crippen LogP contribution >= 0.6 is 0 Å². The van der Waals surface area contributed by atoms with E-state index in [-0.39, 0.29) is 11.9 Å². The molecule has 3 heterocycles. The molecule has 0 saturated carbocycles. The summed E-state index contributed by atoms with van der Waals surface area (Å²) in [6.45, 7) is 4.07. The number of rotatable bonds is 5. The van der Waals surface area contributed by atoms with Crippen molar-refractivity contribution in [1.82, 2.24) is 19.4 Å². The highest BCUT2D eigenvalue weighted by Gasteiger charge is 2.25. The fourth-order valence-corrected chi connectivity index (χ4v) is 3.79. The van der Waals surface area contributed by atoms with E-state index < -0.39 is 5.82 Å². The van der Waals surface area contributed by atoms with Gasteiger partial charge in [0, 0.05) is 37.7 Å². The molecular weight excluding hydrogens is 381 g/mol. The number of aromatic nitrogens is 3. The molecule has 4 aromatic rings. The van der Waals surface area contributed by atoms with Crippen molar-refractivity contribution in [1.29, 1.82) is 0 Å². The molecular formula is C23H22FN5O. The van der Waals surface area contributed by atoms with Crippen LogP contribution in [0.1, 0.15) is 11.1 Å². The molecule has 0 bridgehead atoms. The van der Waals surface area contributed by atoms with Crippen molar-refractivity contribution in [3.8, 4) is 5.82 Å². The number of halogens is 1. The van der Waals surface area contributed by atoms with Crippen molar-refractivity contribution >= 4 is 22.4 Å². The van der Waals surface area contributed by atoms with Crippen LogP contribution in [0.15, 0.2) is 61.1 Å². The summed E-state index contributed by atoms with van der Waals surface area (Å²) >= 11 is 0. The van der Waals surface area contributed by atoms with Gasteiger partial charge in [-0.15, -0.1) is 0 Å². The number of hydrogen-bond acceptors (Lipinski definition) is 5. The molecule has 2 aromatic heterocycles. The Morgan fingerprint density at radius 1 is 1.13 bits per heavy atom. The van der Waals surface area contributed by atoms with Gasteiger partial charge in [0.05, 0.1) is 12.3 Å². The Morgan fingerprint density at radius 3 is 2.73 bits per heavy atom. The number of aliphatic hydroxyl groups is 1. The van der Waals surface area contributed by atoms with Crippen molar-refractivity contribution < 1.29 is 9.50 Å². The number of β-amino-alcohol motifs (C(OH)–C–C–N with tert-alkyl or cyclic N) is 1. The summed E-state index contributed by atoms with van der Waals surface area (Å²) in [5, 5.41) is 14.9. The van der Waals surface area contributed by atoms with Gasteiger partial charge in [-0.2, -0.15) is 4.98 Å². The van der Waals surface area contributed by atoms with Crippen LogP contribution in [0, 0.1) is 12.7 Å². The molecule has 152 valence electrons. The smallest absolute Gasteiger partial charge is 0.229 e. The van der Waals surface area contributed by atoms with E-state index in [9.17, 15) is 9.50 Å². The largest absolute Gasteiger partial charge is 0.390 e. The van der Waals surface area contributed by atoms with E-state index in [0.717, 1.165) is 34.1 Å². The molecule has 2 N–H and O–H groups in total. The van der Waals surface area contributed by atoms with E-state index in [1.807, 2.05) is 55.7 Å². The zero-order valence-electron chi connectivity index (χ0n) is 16.6. The molecule has 2 aromatic carbocycles. The van der Waals surface area contributed by atoms with Crippen molar-refractivity contribution in [2.45, 2.75) is 19.6 Å². The van der Waals surface area contributed by atoms with Gasteiger partial charge in [-0.3, -0.25) is 4.90 Å². The van der Waals surface area contributed by atoms with Crippen molar-refractivity contribution in [2.24, 2.45) is 0 Å². The van der Waals surface area contributed by atoms with E-state index in [4.69, 9.17) is 0 Å². The van der Waals surface area contributed by atoms with Gasteiger partial charge < -0.3 is 15.0 Å². The second kappa shape index (κ2) is 7.51. The Bertz CT molecular complexity index is 1220. The first kappa shape index (κ1) is 18.7. The lowest BCUT2D eigenvalue weighted by Crippen LogP contribution is -2.49. The monoisotopic (exact) mass is 403 g/mol. The van der Waals surface area contributed by atoms with Gasteiger partial charge in [0.15, 0.2) is 11.6 Å². The van der Waals surface area contributed by atoms with Crippen molar-refractivity contribution in [3.05, 3.63) is 78.0 Å². The van der Waals surface area contributed by atoms with E-state index in [1.165, 1.54) is 6.20 Å². The normalized spacial score (nSPS) is 14.8. The van der Waals surface area contributed by atoms with Gasteiger partial charge in [-0.1, -0.05) is 30.3 Å². The van der Waals surface area contributed by atoms with Gasteiger partial charge in [-0.25, -0.2) is 9.37 Å². The highest BCUT2D eigenvalue weighted by Crippen LogP contribution is 2.23. The second-order valence-corrected chi connectivity index (χ2v) is 7.77. The third kappa shape index (κ3) is 3.65. The summed E-state index contributed by atoms with van der Waals surface area (Å²) < 4.78 is 16.2. The predicted octanol–water partition coefficient (Wildman–Crippen LogP) is 3.79. The minimum absolute atomic E-state index is 0.200. The van der Waals surface area contributed by atoms with Gasteiger partial charge in [0.1, 0.15) is 0 Å². The van der Waals surface area contributed by atoms with E-state index in [2.05, 4.69) is 26.3 Å². The molecule has 0 radical (unpaired) electrons. The summed E-state index contributed by atoms with van der Waals surface area (Å²) in [4.78, 5) is 10.7. The molecule has 5 rings (SSSR count). The zero-order valence-corrected chi connectivity index (χ0v) is 16.6. The number of aryl methyl sites for hydroxylation is 1. The predicted molar refractivity (Wildman–Crippen MR) is 115 cm³/mol. The molecule has 0 aliphatic carbocycles. The van der Waals surface area contributed by atoms with E-state index >= 15 is 0 Å². The Hall–Kier alpha value is -3.29. The fraction of sp³-hybridized carbons (Fsp3) is 0.217. The quantitative estimate of drug-likeness (QED) is 0.531. The maximum Gasteiger partial charge on any atom is 0.229 e. The van der Waals surface area contributed by atoms with Crippen LogP contribution in [0.25, 0.3) is 16.6 Å². The number of aliphatic hydroxyl groups excluding tert-OH is 1. The Labute approximate surface area is 173 Å². The van der Waals surface area contributed by atoms with Gasteiger partial charge >= 0.3 is 0 Å². The van der Waals surface area contributed by atoms with Crippen molar-refractivity contribution in [3.63, 3.8) is 0 Å². The van der Waals surface area contributed by atoms with E-state index in [0.29, 0.717) is 19.0 Å². The fourth-order valence-electron chi connectivity index (χ4n) is 3.79. The lowest BCUT2D eigenvalue weighted by molar-refractivity contribution is -0.00295. The maximum absolute atomic E-state index is 14.5. The lowest BCUT2D eigenvalue weighted by atomic mass is 10.1. The summed E-state index contributed by atoms with van der Waals surface area (Å²) in [6, 6.07) is 14.1. The minimum atomic E-state index is -0.486. The molecule has 0 spiro atoms. The number of hydrogen-bond donors (Lipinski definition) is 2. The van der Waals surface area contributed by atoms with Crippen LogP contribution in [0.3, 0.4) is 0 Å². The second-order valence-electron chi connectivity index (χ2n) is 7.77. The number of anilines is 2.